The maximum absolute atomic E-state index is 6.54. The van der Waals surface area contributed by atoms with E-state index in [9.17, 15) is 0 Å². The number of para-hydroxylation sites is 2. The maximum atomic E-state index is 6.54. The third-order valence-electron chi connectivity index (χ3n) is 11.9. The molecule has 0 N–H and O–H groups in total. The molecule has 0 amide bonds. The van der Waals surface area contributed by atoms with Crippen LogP contribution in [-0.4, -0.2) is 9.97 Å². The van der Waals surface area contributed by atoms with Gasteiger partial charge in [-0.15, -0.1) is 0 Å². The molecular formula is C53H32N2O. The molecule has 0 bridgehead atoms. The normalized spacial score (nSPS) is 13.1. The number of aromatic nitrogens is 2. The Kier molecular flexibility index (Phi) is 6.55. The topological polar surface area (TPSA) is 38.9 Å². The highest BCUT2D eigenvalue weighted by molar-refractivity contribution is 6.09. The molecule has 3 nitrogen and oxygen atoms in total. The first-order valence-corrected chi connectivity index (χ1v) is 19.2. The lowest BCUT2D eigenvalue weighted by atomic mass is 9.66. The van der Waals surface area contributed by atoms with Crippen molar-refractivity contribution in [3.05, 3.63) is 216 Å². The van der Waals surface area contributed by atoms with Crippen molar-refractivity contribution in [3.63, 3.8) is 0 Å². The molecule has 12 rings (SSSR count). The second-order valence-electron chi connectivity index (χ2n) is 14.8. The molecule has 8 aromatic carbocycles. The van der Waals surface area contributed by atoms with E-state index in [1.165, 1.54) is 55.6 Å². The summed E-state index contributed by atoms with van der Waals surface area (Å²) in [4.78, 5) is 10.5. The van der Waals surface area contributed by atoms with Gasteiger partial charge in [0.15, 0.2) is 5.82 Å². The van der Waals surface area contributed by atoms with Crippen molar-refractivity contribution in [3.8, 4) is 67.3 Å². The molecule has 3 heteroatoms. The van der Waals surface area contributed by atoms with Gasteiger partial charge in [0.05, 0.1) is 16.8 Å². The van der Waals surface area contributed by atoms with E-state index in [-0.39, 0.29) is 0 Å². The molecule has 0 saturated heterocycles. The Morgan fingerprint density at radius 2 is 0.857 bits per heavy atom. The number of furan rings is 1. The molecule has 0 atom stereocenters. The second kappa shape index (κ2) is 11.8. The molecule has 0 fully saturated rings. The summed E-state index contributed by atoms with van der Waals surface area (Å²) in [6.07, 6.45) is 0. The molecule has 1 spiro atoms. The molecule has 0 unspecified atom stereocenters. The second-order valence-corrected chi connectivity index (χ2v) is 14.8. The zero-order chi connectivity index (χ0) is 36.8. The van der Waals surface area contributed by atoms with E-state index in [4.69, 9.17) is 14.4 Å². The quantitative estimate of drug-likeness (QED) is 0.183. The summed E-state index contributed by atoms with van der Waals surface area (Å²) >= 11 is 0. The van der Waals surface area contributed by atoms with Gasteiger partial charge in [-0.2, -0.15) is 0 Å². The predicted molar refractivity (Wildman–Crippen MR) is 227 cm³/mol. The molecule has 56 heavy (non-hydrogen) atoms. The van der Waals surface area contributed by atoms with Crippen molar-refractivity contribution in [2.75, 3.05) is 0 Å². The lowest BCUT2D eigenvalue weighted by molar-refractivity contribution is 0.670. The van der Waals surface area contributed by atoms with Gasteiger partial charge in [0.25, 0.3) is 0 Å². The number of nitrogens with zero attached hydrogens (tertiary/aromatic N) is 2. The van der Waals surface area contributed by atoms with Crippen LogP contribution in [0.5, 0.6) is 0 Å². The van der Waals surface area contributed by atoms with E-state index < -0.39 is 5.41 Å². The molecule has 260 valence electrons. The summed E-state index contributed by atoms with van der Waals surface area (Å²) in [5, 5.41) is 2.17. The fourth-order valence-electron chi connectivity index (χ4n) is 9.61. The first kappa shape index (κ1) is 31.0. The van der Waals surface area contributed by atoms with Crippen molar-refractivity contribution in [2.24, 2.45) is 0 Å². The van der Waals surface area contributed by atoms with Crippen LogP contribution in [0.3, 0.4) is 0 Å². The standard InChI is InChI=1S/C53H32N2O/c1-2-15-33(16-3-1)52-54-48(32-49(55-52)42-24-14-23-41-40-22-9-13-28-50(40)56-51(41)42)34-29-30-47-43(31-34)36-18-5-4-17-35(36)37-19-6-10-25-44(37)53(47)45-26-11-7-20-38(45)39-21-8-12-27-46(39)53/h1-32H. The number of fused-ring (bicyclic) bond motifs is 15. The summed E-state index contributed by atoms with van der Waals surface area (Å²) in [6, 6.07) is 69.8. The van der Waals surface area contributed by atoms with Crippen LogP contribution in [0.4, 0.5) is 0 Å². The zero-order valence-electron chi connectivity index (χ0n) is 30.3. The van der Waals surface area contributed by atoms with Crippen LogP contribution in [0.25, 0.3) is 89.2 Å². The van der Waals surface area contributed by atoms with Crippen molar-refractivity contribution in [2.45, 2.75) is 5.41 Å². The van der Waals surface area contributed by atoms with Gasteiger partial charge in [0.2, 0.25) is 0 Å². The monoisotopic (exact) mass is 712 g/mol. The molecule has 10 aromatic rings. The third kappa shape index (κ3) is 4.28. The van der Waals surface area contributed by atoms with Crippen LogP contribution in [-0.2, 0) is 5.41 Å². The summed E-state index contributed by atoms with van der Waals surface area (Å²) in [5.74, 6) is 0.670. The van der Waals surface area contributed by atoms with Gasteiger partial charge in [0.1, 0.15) is 11.2 Å². The van der Waals surface area contributed by atoms with Gasteiger partial charge < -0.3 is 4.42 Å². The first-order chi connectivity index (χ1) is 27.8. The van der Waals surface area contributed by atoms with Crippen molar-refractivity contribution in [1.29, 1.82) is 0 Å². The fourth-order valence-corrected chi connectivity index (χ4v) is 9.61. The van der Waals surface area contributed by atoms with Crippen molar-refractivity contribution in [1.82, 2.24) is 9.97 Å². The first-order valence-electron chi connectivity index (χ1n) is 19.2. The summed E-state index contributed by atoms with van der Waals surface area (Å²) in [7, 11) is 0. The molecule has 2 heterocycles. The smallest absolute Gasteiger partial charge is 0.160 e. The van der Waals surface area contributed by atoms with E-state index >= 15 is 0 Å². The molecule has 0 saturated carbocycles. The number of hydrogen-bond donors (Lipinski definition) is 0. The fraction of sp³-hybridized carbons (Fsp3) is 0.0189. The number of hydrogen-bond acceptors (Lipinski definition) is 3. The number of benzene rings is 8. The lowest BCUT2D eigenvalue weighted by Crippen LogP contribution is -2.29. The molecule has 0 radical (unpaired) electrons. The highest BCUT2D eigenvalue weighted by atomic mass is 16.3. The van der Waals surface area contributed by atoms with Crippen LogP contribution < -0.4 is 0 Å². The average Bonchev–Trinajstić information content (AvgIpc) is 3.77. The van der Waals surface area contributed by atoms with Gasteiger partial charge in [-0.25, -0.2) is 9.97 Å². The SMILES string of the molecule is c1ccc(-c2nc(-c3ccc4c(c3)-c3ccccc3-c3ccccc3C43c4ccccc4-c4ccccc43)cc(-c3cccc4c3oc3ccccc34)n2)cc1. The van der Waals surface area contributed by atoms with Gasteiger partial charge in [-0.05, 0) is 79.9 Å². The Balaban J connectivity index is 1.15. The summed E-state index contributed by atoms with van der Waals surface area (Å²) in [5.41, 5.74) is 18.4. The van der Waals surface area contributed by atoms with Gasteiger partial charge in [-0.1, -0.05) is 170 Å². The van der Waals surface area contributed by atoms with Gasteiger partial charge in [0, 0.05) is 27.5 Å². The Labute approximate surface area is 324 Å². The molecule has 2 aliphatic carbocycles. The zero-order valence-corrected chi connectivity index (χ0v) is 30.3. The van der Waals surface area contributed by atoms with E-state index in [1.54, 1.807) is 0 Å². The minimum absolute atomic E-state index is 0.528. The van der Waals surface area contributed by atoms with Gasteiger partial charge >= 0.3 is 0 Å². The molecule has 2 aromatic heterocycles. The van der Waals surface area contributed by atoms with Gasteiger partial charge in [-0.3, -0.25) is 0 Å². The lowest BCUT2D eigenvalue weighted by Gasteiger charge is -2.35. The number of rotatable bonds is 3. The molecule has 2 aliphatic rings. The van der Waals surface area contributed by atoms with Crippen LogP contribution in [0.2, 0.25) is 0 Å². The Bertz CT molecular complexity index is 3170. The highest BCUT2D eigenvalue weighted by Gasteiger charge is 2.49. The highest BCUT2D eigenvalue weighted by Crippen LogP contribution is 2.61. The third-order valence-corrected chi connectivity index (χ3v) is 11.9. The predicted octanol–water partition coefficient (Wildman–Crippen LogP) is 13.4. The van der Waals surface area contributed by atoms with E-state index in [2.05, 4.69) is 164 Å². The summed E-state index contributed by atoms with van der Waals surface area (Å²) in [6.45, 7) is 0. The average molecular weight is 713 g/mol. The van der Waals surface area contributed by atoms with E-state index in [0.29, 0.717) is 5.82 Å². The summed E-state index contributed by atoms with van der Waals surface area (Å²) < 4.78 is 6.54. The Morgan fingerprint density at radius 3 is 1.57 bits per heavy atom. The van der Waals surface area contributed by atoms with E-state index in [0.717, 1.165) is 50.0 Å². The van der Waals surface area contributed by atoms with Crippen LogP contribution >= 0.6 is 0 Å². The maximum Gasteiger partial charge on any atom is 0.160 e. The minimum atomic E-state index is -0.528. The van der Waals surface area contributed by atoms with Crippen LogP contribution in [0.1, 0.15) is 22.3 Å². The largest absolute Gasteiger partial charge is 0.455 e. The molecule has 0 aliphatic heterocycles. The van der Waals surface area contributed by atoms with Crippen molar-refractivity contribution < 1.29 is 4.42 Å². The Morgan fingerprint density at radius 1 is 0.339 bits per heavy atom. The van der Waals surface area contributed by atoms with E-state index in [1.807, 2.05) is 30.3 Å². The van der Waals surface area contributed by atoms with Crippen LogP contribution in [0.15, 0.2) is 199 Å². The molecular weight excluding hydrogens is 681 g/mol. The van der Waals surface area contributed by atoms with Crippen molar-refractivity contribution >= 4 is 21.9 Å². The Hall–Kier alpha value is -7.36. The van der Waals surface area contributed by atoms with Crippen LogP contribution in [0, 0.1) is 0 Å². The minimum Gasteiger partial charge on any atom is -0.455 e.